The van der Waals surface area contributed by atoms with Gasteiger partial charge in [-0.1, -0.05) is 0 Å². The second-order valence-corrected chi connectivity index (χ2v) is 4.48. The van der Waals surface area contributed by atoms with Crippen molar-refractivity contribution in [2.24, 2.45) is 0 Å². The molecule has 0 heterocycles. The first-order valence-corrected chi connectivity index (χ1v) is 5.63. The van der Waals surface area contributed by atoms with Crippen LogP contribution in [0.5, 0.6) is 5.75 Å². The third-order valence-corrected chi connectivity index (χ3v) is 3.62. The van der Waals surface area contributed by atoms with E-state index in [2.05, 4.69) is 15.9 Å². The summed E-state index contributed by atoms with van der Waals surface area (Å²) >= 11 is 3.17. The van der Waals surface area contributed by atoms with Gasteiger partial charge < -0.3 is 9.84 Å². The number of aromatic hydroxyl groups is 1. The molecule has 2 rings (SSSR count). The third-order valence-electron chi connectivity index (χ3n) is 2.62. The van der Waals surface area contributed by atoms with Crippen molar-refractivity contribution in [3.63, 3.8) is 0 Å². The van der Waals surface area contributed by atoms with Gasteiger partial charge in [0.15, 0.2) is 0 Å². The lowest BCUT2D eigenvalue weighted by atomic mass is 9.91. The van der Waals surface area contributed by atoms with Crippen molar-refractivity contribution in [3.05, 3.63) is 33.3 Å². The van der Waals surface area contributed by atoms with Crippen LogP contribution >= 0.6 is 15.9 Å². The molecule has 1 aliphatic rings. The van der Waals surface area contributed by atoms with E-state index < -0.39 is 11.6 Å². The molecule has 1 aromatic rings. The van der Waals surface area contributed by atoms with Crippen LogP contribution in [-0.2, 0) is 9.53 Å². The van der Waals surface area contributed by atoms with E-state index >= 15 is 0 Å². The average molecular weight is 297 g/mol. The van der Waals surface area contributed by atoms with Crippen LogP contribution in [0.2, 0.25) is 0 Å². The van der Waals surface area contributed by atoms with Gasteiger partial charge in [0.1, 0.15) is 11.5 Å². The maximum Gasteiger partial charge on any atom is 0.237 e. The van der Waals surface area contributed by atoms with Crippen LogP contribution in [0.25, 0.3) is 5.76 Å². The van der Waals surface area contributed by atoms with Crippen LogP contribution in [-0.4, -0.2) is 23.8 Å². The molecular formula is C12H9BrO4. The summed E-state index contributed by atoms with van der Waals surface area (Å²) in [5.74, 6) is -1.35. The van der Waals surface area contributed by atoms with Crippen molar-refractivity contribution < 1.29 is 19.4 Å². The fraction of sp³-hybridized carbons (Fsp3) is 0.167. The standard InChI is InChI=1S/C12H9BrO4/c1-5-3-6-8(17-2)4-7(14)11(15)9(6)12(16)10(5)13/h3-4,16H,1-2H3. The maximum atomic E-state index is 11.7. The molecule has 1 aliphatic carbocycles. The zero-order valence-electron chi connectivity index (χ0n) is 9.20. The molecule has 0 unspecified atom stereocenters. The highest BCUT2D eigenvalue weighted by Gasteiger charge is 2.31. The van der Waals surface area contributed by atoms with Gasteiger partial charge in [0.05, 0.1) is 17.1 Å². The summed E-state index contributed by atoms with van der Waals surface area (Å²) in [5.41, 5.74) is 1.19. The Balaban J connectivity index is 2.83. The van der Waals surface area contributed by atoms with E-state index in [1.165, 1.54) is 7.11 Å². The number of carbonyl (C=O) groups is 2. The first-order chi connectivity index (χ1) is 7.97. The SMILES string of the molecule is COC1=CC(=O)C(=O)c2c1cc(C)c(Br)c2O. The van der Waals surface area contributed by atoms with E-state index in [0.717, 1.165) is 11.6 Å². The van der Waals surface area contributed by atoms with Crippen LogP contribution in [0.3, 0.4) is 0 Å². The molecule has 88 valence electrons. The minimum atomic E-state index is -0.723. The van der Waals surface area contributed by atoms with Crippen LogP contribution in [0, 0.1) is 6.92 Å². The maximum absolute atomic E-state index is 11.7. The Kier molecular flexibility index (Phi) is 2.79. The Morgan fingerprint density at radius 1 is 1.35 bits per heavy atom. The van der Waals surface area contributed by atoms with Crippen molar-refractivity contribution in [1.82, 2.24) is 0 Å². The van der Waals surface area contributed by atoms with Gasteiger partial charge in [-0.05, 0) is 34.5 Å². The molecule has 0 radical (unpaired) electrons. The number of benzene rings is 1. The predicted octanol–water partition coefficient (Wildman–Crippen LogP) is 2.22. The first-order valence-electron chi connectivity index (χ1n) is 4.84. The normalized spacial score (nSPS) is 14.4. The molecule has 0 saturated heterocycles. The lowest BCUT2D eigenvalue weighted by molar-refractivity contribution is -0.111. The molecule has 5 heteroatoms. The molecule has 1 N–H and O–H groups in total. The highest BCUT2D eigenvalue weighted by molar-refractivity contribution is 9.10. The number of ether oxygens (including phenoxy) is 1. The van der Waals surface area contributed by atoms with Crippen LogP contribution < -0.4 is 0 Å². The van der Waals surface area contributed by atoms with Crippen LogP contribution in [0.1, 0.15) is 21.5 Å². The average Bonchev–Trinajstić information content (AvgIpc) is 2.30. The lowest BCUT2D eigenvalue weighted by Crippen LogP contribution is -2.19. The zero-order chi connectivity index (χ0) is 12.7. The number of methoxy groups -OCH3 is 1. The van der Waals surface area contributed by atoms with E-state index in [9.17, 15) is 14.7 Å². The minimum absolute atomic E-state index is 0.00757. The zero-order valence-corrected chi connectivity index (χ0v) is 10.8. The molecule has 0 atom stereocenters. The molecule has 17 heavy (non-hydrogen) atoms. The third kappa shape index (κ3) is 1.67. The molecule has 0 saturated carbocycles. The molecule has 0 aliphatic heterocycles. The quantitative estimate of drug-likeness (QED) is 0.807. The molecule has 0 bridgehead atoms. The van der Waals surface area contributed by atoms with Gasteiger partial charge >= 0.3 is 0 Å². The number of phenols is 1. The monoisotopic (exact) mass is 296 g/mol. The summed E-state index contributed by atoms with van der Waals surface area (Å²) in [6, 6.07) is 1.69. The smallest absolute Gasteiger partial charge is 0.237 e. The summed E-state index contributed by atoms with van der Waals surface area (Å²) in [6.07, 6.45) is 1.14. The molecule has 1 aromatic carbocycles. The molecule has 0 spiro atoms. The number of rotatable bonds is 1. The summed E-state index contributed by atoms with van der Waals surface area (Å²) in [6.45, 7) is 1.78. The highest BCUT2D eigenvalue weighted by atomic mass is 79.9. The van der Waals surface area contributed by atoms with Gasteiger partial charge in [-0.25, -0.2) is 0 Å². The Bertz CT molecular complexity index is 572. The van der Waals surface area contributed by atoms with Crippen LogP contribution in [0.4, 0.5) is 0 Å². The topological polar surface area (TPSA) is 63.6 Å². The van der Waals surface area contributed by atoms with Gasteiger partial charge in [-0.3, -0.25) is 9.59 Å². The van der Waals surface area contributed by atoms with E-state index in [0.29, 0.717) is 10.0 Å². The van der Waals surface area contributed by atoms with Crippen molar-refractivity contribution in [2.75, 3.05) is 7.11 Å². The predicted molar refractivity (Wildman–Crippen MR) is 64.9 cm³/mol. The molecular weight excluding hydrogens is 288 g/mol. The van der Waals surface area contributed by atoms with Crippen molar-refractivity contribution >= 4 is 33.3 Å². The molecule has 4 nitrogen and oxygen atoms in total. The number of halogens is 1. The fourth-order valence-electron chi connectivity index (χ4n) is 1.75. The fourth-order valence-corrected chi connectivity index (χ4v) is 2.07. The van der Waals surface area contributed by atoms with Crippen molar-refractivity contribution in [1.29, 1.82) is 0 Å². The van der Waals surface area contributed by atoms with E-state index in [4.69, 9.17) is 4.74 Å². The number of phenolic OH excluding ortho intramolecular Hbond substituents is 1. The number of allylic oxidation sites excluding steroid dienone is 1. The number of Topliss-reactive ketones (excluding diaryl/α,β-unsaturated/α-hetero) is 1. The highest BCUT2D eigenvalue weighted by Crippen LogP contribution is 2.38. The lowest BCUT2D eigenvalue weighted by Gasteiger charge is -2.18. The number of ketones is 2. The second kappa shape index (κ2) is 4.00. The number of hydrogen-bond donors (Lipinski definition) is 1. The number of aryl methyl sites for hydroxylation is 1. The van der Waals surface area contributed by atoms with E-state index in [1.807, 2.05) is 0 Å². The Labute approximate surface area is 106 Å². The minimum Gasteiger partial charge on any atom is -0.506 e. The molecule has 0 amide bonds. The van der Waals surface area contributed by atoms with Gasteiger partial charge in [-0.2, -0.15) is 0 Å². The van der Waals surface area contributed by atoms with Crippen molar-refractivity contribution in [2.45, 2.75) is 6.92 Å². The summed E-state index contributed by atoms with van der Waals surface area (Å²) in [4.78, 5) is 23.2. The van der Waals surface area contributed by atoms with Gasteiger partial charge in [0.2, 0.25) is 11.6 Å². The summed E-state index contributed by atoms with van der Waals surface area (Å²) < 4.78 is 5.46. The van der Waals surface area contributed by atoms with Gasteiger partial charge in [0.25, 0.3) is 0 Å². The molecule has 0 fully saturated rings. The van der Waals surface area contributed by atoms with Crippen molar-refractivity contribution in [3.8, 4) is 5.75 Å². The Morgan fingerprint density at radius 2 is 2.00 bits per heavy atom. The first kappa shape index (κ1) is 11.9. The molecule has 0 aromatic heterocycles. The summed E-state index contributed by atoms with van der Waals surface area (Å²) in [7, 11) is 1.41. The number of fused-ring (bicyclic) bond motifs is 1. The largest absolute Gasteiger partial charge is 0.506 e. The van der Waals surface area contributed by atoms with E-state index in [-0.39, 0.29) is 17.1 Å². The van der Waals surface area contributed by atoms with E-state index in [1.54, 1.807) is 13.0 Å². The Hall–Kier alpha value is -1.62. The van der Waals surface area contributed by atoms with Gasteiger partial charge in [0, 0.05) is 11.6 Å². The Morgan fingerprint density at radius 3 is 2.59 bits per heavy atom. The number of carbonyl (C=O) groups excluding carboxylic acids is 2. The second-order valence-electron chi connectivity index (χ2n) is 3.68. The van der Waals surface area contributed by atoms with Gasteiger partial charge in [-0.15, -0.1) is 0 Å². The number of hydrogen-bond acceptors (Lipinski definition) is 4. The summed E-state index contributed by atoms with van der Waals surface area (Å²) in [5, 5.41) is 9.92. The van der Waals surface area contributed by atoms with Crippen LogP contribution in [0.15, 0.2) is 16.6 Å².